The lowest BCUT2D eigenvalue weighted by molar-refractivity contribution is -0.142. The van der Waals surface area contributed by atoms with Gasteiger partial charge in [0.15, 0.2) is 0 Å². The number of rotatable bonds is 9. The number of hydrogen-bond acceptors (Lipinski definition) is 5. The number of carbonyl (C=O) groups excluding carboxylic acids is 2. The van der Waals surface area contributed by atoms with Crippen LogP contribution < -0.4 is 10.1 Å². The molecule has 0 bridgehead atoms. The molecule has 5 rings (SSSR count). The number of para-hydroxylation sites is 1. The Kier molecular flexibility index (Phi) is 7.67. The molecule has 8 nitrogen and oxygen atoms in total. The van der Waals surface area contributed by atoms with Crippen molar-refractivity contribution in [3.63, 3.8) is 0 Å². The van der Waals surface area contributed by atoms with Crippen LogP contribution >= 0.6 is 0 Å². The van der Waals surface area contributed by atoms with Crippen LogP contribution in [-0.2, 0) is 22.7 Å². The lowest BCUT2D eigenvalue weighted by Crippen LogP contribution is -2.47. The number of carbonyl (C=O) groups is 2. The van der Waals surface area contributed by atoms with E-state index in [2.05, 4.69) is 15.6 Å². The molecular weight excluding hydrogens is 478 g/mol. The first kappa shape index (κ1) is 25.4. The topological polar surface area (TPSA) is 89.3 Å². The van der Waals surface area contributed by atoms with Crippen molar-refractivity contribution in [2.24, 2.45) is 0 Å². The predicted molar refractivity (Wildman–Crippen MR) is 145 cm³/mol. The minimum absolute atomic E-state index is 0.0320. The van der Waals surface area contributed by atoms with E-state index in [1.54, 1.807) is 16.7 Å². The largest absolute Gasteiger partial charge is 0.497 e. The molecule has 1 aliphatic rings. The van der Waals surface area contributed by atoms with E-state index < -0.39 is 6.04 Å². The highest BCUT2D eigenvalue weighted by Crippen LogP contribution is 2.29. The lowest BCUT2D eigenvalue weighted by atomic mass is 9.97. The zero-order chi connectivity index (χ0) is 26.5. The van der Waals surface area contributed by atoms with Gasteiger partial charge in [-0.1, -0.05) is 66.6 Å². The molecule has 1 fully saturated rings. The summed E-state index contributed by atoms with van der Waals surface area (Å²) in [5, 5.41) is 11.7. The first-order chi connectivity index (χ1) is 18.5. The normalized spacial score (nSPS) is 14.4. The summed E-state index contributed by atoms with van der Waals surface area (Å²) in [5.41, 5.74) is 4.16. The fourth-order valence-electron chi connectivity index (χ4n) is 5.20. The summed E-state index contributed by atoms with van der Waals surface area (Å²) < 4.78 is 6.91. The fraction of sp³-hybridized carbons (Fsp3) is 0.333. The summed E-state index contributed by atoms with van der Waals surface area (Å²) in [6.45, 7) is 2.20. The molecule has 3 aromatic carbocycles. The molecule has 4 aromatic rings. The highest BCUT2D eigenvalue weighted by molar-refractivity contribution is 5.89. The quantitative estimate of drug-likeness (QED) is 0.355. The highest BCUT2D eigenvalue weighted by atomic mass is 16.5. The third kappa shape index (κ3) is 5.54. The molecular formula is C30H33N5O3. The lowest BCUT2D eigenvalue weighted by Gasteiger charge is -2.33. The Balaban J connectivity index is 1.53. The second-order valence-corrected chi connectivity index (χ2v) is 9.85. The number of benzene rings is 3. The van der Waals surface area contributed by atoms with Crippen molar-refractivity contribution >= 4 is 22.8 Å². The number of nitrogens with zero attached hydrogens (tertiary/aromatic N) is 4. The van der Waals surface area contributed by atoms with Gasteiger partial charge in [0.25, 0.3) is 0 Å². The van der Waals surface area contributed by atoms with Crippen LogP contribution in [0.3, 0.4) is 0 Å². The molecule has 0 aliphatic heterocycles. The van der Waals surface area contributed by atoms with Gasteiger partial charge in [-0.3, -0.25) is 9.59 Å². The number of methoxy groups -OCH3 is 1. The Hall–Kier alpha value is -4.20. The molecule has 1 aromatic heterocycles. The van der Waals surface area contributed by atoms with Crippen molar-refractivity contribution in [3.05, 3.63) is 89.5 Å². The molecule has 1 heterocycles. The molecule has 2 amide bonds. The number of hydrogen-bond donors (Lipinski definition) is 1. The van der Waals surface area contributed by atoms with E-state index in [1.807, 2.05) is 79.7 Å². The third-order valence-electron chi connectivity index (χ3n) is 7.28. The van der Waals surface area contributed by atoms with Crippen molar-refractivity contribution in [2.75, 3.05) is 7.11 Å². The van der Waals surface area contributed by atoms with Crippen LogP contribution in [0.15, 0.2) is 72.8 Å². The number of ether oxygens (including phenoxy) is 1. The average molecular weight is 512 g/mol. The van der Waals surface area contributed by atoms with Crippen LogP contribution in [0.2, 0.25) is 0 Å². The monoisotopic (exact) mass is 511 g/mol. The molecule has 8 heteroatoms. The highest BCUT2D eigenvalue weighted by Gasteiger charge is 2.34. The van der Waals surface area contributed by atoms with Gasteiger partial charge in [0.05, 0.1) is 12.6 Å². The summed E-state index contributed by atoms with van der Waals surface area (Å²) in [7, 11) is 1.62. The van der Waals surface area contributed by atoms with E-state index in [1.165, 1.54) is 0 Å². The Morgan fingerprint density at radius 3 is 2.47 bits per heavy atom. The summed E-state index contributed by atoms with van der Waals surface area (Å²) >= 11 is 0. The van der Waals surface area contributed by atoms with Crippen LogP contribution in [0.4, 0.5) is 0 Å². The Morgan fingerprint density at radius 1 is 1.03 bits per heavy atom. The van der Waals surface area contributed by atoms with Crippen molar-refractivity contribution in [1.29, 1.82) is 0 Å². The van der Waals surface area contributed by atoms with Crippen molar-refractivity contribution < 1.29 is 14.3 Å². The Labute approximate surface area is 222 Å². The maximum absolute atomic E-state index is 14.1. The van der Waals surface area contributed by atoms with Gasteiger partial charge in [0, 0.05) is 12.6 Å². The van der Waals surface area contributed by atoms with Crippen molar-refractivity contribution in [2.45, 2.75) is 57.8 Å². The third-order valence-corrected chi connectivity index (χ3v) is 7.28. The van der Waals surface area contributed by atoms with Gasteiger partial charge in [0.1, 0.15) is 23.9 Å². The van der Waals surface area contributed by atoms with E-state index in [4.69, 9.17) is 4.74 Å². The van der Waals surface area contributed by atoms with Crippen LogP contribution in [0.5, 0.6) is 5.75 Å². The maximum Gasteiger partial charge on any atom is 0.247 e. The first-order valence-corrected chi connectivity index (χ1v) is 13.1. The fourth-order valence-corrected chi connectivity index (χ4v) is 5.20. The molecule has 0 spiro atoms. The summed E-state index contributed by atoms with van der Waals surface area (Å²) in [6.07, 6.45) is 4.13. The average Bonchev–Trinajstić information content (AvgIpc) is 3.60. The van der Waals surface area contributed by atoms with Gasteiger partial charge < -0.3 is 15.0 Å². The summed E-state index contributed by atoms with van der Waals surface area (Å²) in [4.78, 5) is 29.7. The van der Waals surface area contributed by atoms with Gasteiger partial charge in [0.2, 0.25) is 11.8 Å². The SMILES string of the molecule is COc1ccc(CN(C(=O)Cn2nnc3ccccc32)C(C(=O)NC2CCCC2)c2ccccc2C)cc1. The molecule has 196 valence electrons. The molecule has 1 saturated carbocycles. The van der Waals surface area contributed by atoms with E-state index in [9.17, 15) is 9.59 Å². The van der Waals surface area contributed by atoms with Crippen LogP contribution in [0, 0.1) is 6.92 Å². The van der Waals surface area contributed by atoms with Gasteiger partial charge in [-0.2, -0.15) is 0 Å². The zero-order valence-electron chi connectivity index (χ0n) is 21.8. The molecule has 0 saturated heterocycles. The summed E-state index contributed by atoms with van der Waals surface area (Å²) in [6, 6.07) is 22.2. The predicted octanol–water partition coefficient (Wildman–Crippen LogP) is 4.58. The first-order valence-electron chi connectivity index (χ1n) is 13.1. The number of nitrogens with one attached hydrogen (secondary N) is 1. The van der Waals surface area contributed by atoms with Crippen LogP contribution in [0.25, 0.3) is 11.0 Å². The molecule has 1 N–H and O–H groups in total. The zero-order valence-corrected chi connectivity index (χ0v) is 21.8. The minimum atomic E-state index is -0.791. The van der Waals surface area contributed by atoms with Gasteiger partial charge in [-0.15, -0.1) is 5.10 Å². The van der Waals surface area contributed by atoms with Gasteiger partial charge in [-0.25, -0.2) is 4.68 Å². The van der Waals surface area contributed by atoms with Crippen molar-refractivity contribution in [1.82, 2.24) is 25.2 Å². The molecule has 1 unspecified atom stereocenters. The summed E-state index contributed by atoms with van der Waals surface area (Å²) in [5.74, 6) is 0.359. The van der Waals surface area contributed by atoms with Crippen molar-refractivity contribution in [3.8, 4) is 5.75 Å². The van der Waals surface area contributed by atoms with Gasteiger partial charge in [-0.05, 0) is 60.7 Å². The number of aryl methyl sites for hydroxylation is 1. The van der Waals surface area contributed by atoms with E-state index in [0.29, 0.717) is 0 Å². The minimum Gasteiger partial charge on any atom is -0.497 e. The molecule has 1 aliphatic carbocycles. The molecule has 38 heavy (non-hydrogen) atoms. The molecule has 0 radical (unpaired) electrons. The maximum atomic E-state index is 14.1. The molecule has 1 atom stereocenters. The Bertz CT molecular complexity index is 1410. The smallest absolute Gasteiger partial charge is 0.247 e. The van der Waals surface area contributed by atoms with Crippen LogP contribution in [0.1, 0.15) is 48.4 Å². The second kappa shape index (κ2) is 11.5. The number of aromatic nitrogens is 3. The number of fused-ring (bicyclic) bond motifs is 1. The standard InChI is InChI=1S/C30H33N5O3/c1-21-9-3-6-12-25(21)29(30(37)31-23-10-4-5-11-23)34(19-22-15-17-24(38-2)18-16-22)28(36)20-35-27-14-8-7-13-26(27)32-33-35/h3,6-9,12-18,23,29H,4-5,10-11,19-20H2,1-2H3,(H,31,37). The number of amides is 2. The van der Waals surface area contributed by atoms with E-state index in [0.717, 1.165) is 59.2 Å². The van der Waals surface area contributed by atoms with Crippen LogP contribution in [-0.4, -0.2) is 44.9 Å². The Morgan fingerprint density at radius 2 is 1.74 bits per heavy atom. The van der Waals surface area contributed by atoms with E-state index >= 15 is 0 Å². The second-order valence-electron chi connectivity index (χ2n) is 9.85. The van der Waals surface area contributed by atoms with Gasteiger partial charge >= 0.3 is 0 Å². The van der Waals surface area contributed by atoms with E-state index in [-0.39, 0.29) is 30.9 Å².